The van der Waals surface area contributed by atoms with Gasteiger partial charge in [0.15, 0.2) is 0 Å². The standard InChI is InChI=1S/C13H18BNO/c1-12(2,3)13(4)9-7-5-6-8-10(9)15(14)11(13)16/h5-8H,14H2,1-4H3. The quantitative estimate of drug-likeness (QED) is 0.605. The van der Waals surface area contributed by atoms with Gasteiger partial charge in [0.1, 0.15) is 0 Å². The first-order valence-electron chi connectivity index (χ1n) is 5.68. The molecule has 84 valence electrons. The molecule has 2 nitrogen and oxygen atoms in total. The third-order valence-corrected chi connectivity index (χ3v) is 4.04. The molecule has 1 unspecified atom stereocenters. The summed E-state index contributed by atoms with van der Waals surface area (Å²) in [6.07, 6.45) is 0. The summed E-state index contributed by atoms with van der Waals surface area (Å²) >= 11 is 0. The fraction of sp³-hybridized carbons (Fsp3) is 0.462. The van der Waals surface area contributed by atoms with Crippen LogP contribution in [0.1, 0.15) is 33.3 Å². The molecule has 1 atom stereocenters. The molecule has 1 aromatic carbocycles. The number of hydrogen-bond acceptors (Lipinski definition) is 1. The van der Waals surface area contributed by atoms with Crippen LogP contribution in [-0.4, -0.2) is 13.9 Å². The number of nitrogens with zero attached hydrogens (tertiary/aromatic N) is 1. The van der Waals surface area contributed by atoms with Gasteiger partial charge < -0.3 is 4.81 Å². The molecule has 0 saturated carbocycles. The summed E-state index contributed by atoms with van der Waals surface area (Å²) in [7, 11) is 1.86. The molecule has 0 fully saturated rings. The zero-order valence-corrected chi connectivity index (χ0v) is 10.7. The number of benzene rings is 1. The predicted molar refractivity (Wildman–Crippen MR) is 69.3 cm³/mol. The minimum Gasteiger partial charge on any atom is -0.364 e. The molecule has 0 aromatic heterocycles. The minimum atomic E-state index is -0.418. The summed E-state index contributed by atoms with van der Waals surface area (Å²) in [5.41, 5.74) is 1.70. The molecule has 0 N–H and O–H groups in total. The van der Waals surface area contributed by atoms with Crippen molar-refractivity contribution in [3.8, 4) is 0 Å². The van der Waals surface area contributed by atoms with Crippen molar-refractivity contribution in [3.63, 3.8) is 0 Å². The first-order valence-corrected chi connectivity index (χ1v) is 5.68. The van der Waals surface area contributed by atoms with Crippen LogP contribution in [-0.2, 0) is 10.2 Å². The van der Waals surface area contributed by atoms with E-state index in [2.05, 4.69) is 33.8 Å². The van der Waals surface area contributed by atoms with E-state index in [0.717, 1.165) is 11.3 Å². The number of carbonyl (C=O) groups excluding carboxylic acids is 1. The molecule has 1 aromatic rings. The SMILES string of the molecule is BN1C(=O)C(C)(C(C)(C)C)c2ccccc21. The van der Waals surface area contributed by atoms with E-state index in [0.29, 0.717) is 0 Å². The Morgan fingerprint density at radius 2 is 1.81 bits per heavy atom. The van der Waals surface area contributed by atoms with Crippen LogP contribution in [0.3, 0.4) is 0 Å². The third-order valence-electron chi connectivity index (χ3n) is 4.04. The molecule has 0 aliphatic carbocycles. The van der Waals surface area contributed by atoms with Crippen LogP contribution in [0.4, 0.5) is 5.69 Å². The second-order valence-electron chi connectivity index (χ2n) is 5.76. The zero-order chi connectivity index (χ0) is 12.1. The first-order chi connectivity index (χ1) is 7.30. The number of amides is 1. The Balaban J connectivity index is 2.71. The summed E-state index contributed by atoms with van der Waals surface area (Å²) in [6, 6.07) is 8.08. The van der Waals surface area contributed by atoms with Gasteiger partial charge in [0, 0.05) is 5.69 Å². The van der Waals surface area contributed by atoms with Crippen molar-refractivity contribution in [1.29, 1.82) is 0 Å². The monoisotopic (exact) mass is 215 g/mol. The highest BCUT2D eigenvalue weighted by Gasteiger charge is 2.52. The highest BCUT2D eigenvalue weighted by atomic mass is 16.2. The van der Waals surface area contributed by atoms with Crippen molar-refractivity contribution in [2.45, 2.75) is 33.1 Å². The van der Waals surface area contributed by atoms with E-state index in [1.165, 1.54) is 0 Å². The number of hydrogen-bond donors (Lipinski definition) is 0. The Bertz CT molecular complexity index is 449. The van der Waals surface area contributed by atoms with Gasteiger partial charge in [-0.25, -0.2) is 0 Å². The Morgan fingerprint density at radius 1 is 1.25 bits per heavy atom. The van der Waals surface area contributed by atoms with E-state index in [1.54, 1.807) is 4.81 Å². The summed E-state index contributed by atoms with van der Waals surface area (Å²) < 4.78 is 0. The van der Waals surface area contributed by atoms with Gasteiger partial charge in [-0.3, -0.25) is 4.79 Å². The van der Waals surface area contributed by atoms with Gasteiger partial charge in [0.05, 0.1) is 5.41 Å². The molecule has 1 aliphatic heterocycles. The van der Waals surface area contributed by atoms with E-state index in [1.807, 2.05) is 26.2 Å². The molecule has 2 rings (SSSR count). The van der Waals surface area contributed by atoms with Crippen molar-refractivity contribution < 1.29 is 4.79 Å². The number of para-hydroxylation sites is 1. The van der Waals surface area contributed by atoms with Crippen LogP contribution in [0.25, 0.3) is 0 Å². The second-order valence-corrected chi connectivity index (χ2v) is 5.76. The first kappa shape index (κ1) is 11.2. The molecular formula is C13H18BNO. The Hall–Kier alpha value is -1.25. The van der Waals surface area contributed by atoms with E-state index in [4.69, 9.17) is 0 Å². The molecule has 1 heterocycles. The predicted octanol–water partition coefficient (Wildman–Crippen LogP) is 1.89. The fourth-order valence-corrected chi connectivity index (χ4v) is 2.47. The average Bonchev–Trinajstić information content (AvgIpc) is 2.42. The lowest BCUT2D eigenvalue weighted by molar-refractivity contribution is -0.125. The molecule has 0 bridgehead atoms. The van der Waals surface area contributed by atoms with Crippen molar-refractivity contribution in [2.75, 3.05) is 4.81 Å². The van der Waals surface area contributed by atoms with Crippen molar-refractivity contribution >= 4 is 19.6 Å². The molecular weight excluding hydrogens is 197 g/mol. The molecule has 3 heteroatoms. The number of rotatable bonds is 0. The van der Waals surface area contributed by atoms with Gasteiger partial charge in [-0.15, -0.1) is 0 Å². The molecule has 1 aliphatic rings. The molecule has 0 saturated heterocycles. The maximum Gasteiger partial charge on any atom is 0.227 e. The van der Waals surface area contributed by atoms with Crippen LogP contribution in [0.15, 0.2) is 24.3 Å². The zero-order valence-electron chi connectivity index (χ0n) is 10.7. The van der Waals surface area contributed by atoms with Gasteiger partial charge in [0.25, 0.3) is 0 Å². The summed E-state index contributed by atoms with van der Waals surface area (Å²) in [6.45, 7) is 8.43. The van der Waals surface area contributed by atoms with E-state index >= 15 is 0 Å². The Kier molecular flexibility index (Phi) is 2.20. The van der Waals surface area contributed by atoms with Crippen molar-refractivity contribution in [2.24, 2.45) is 5.41 Å². The smallest absolute Gasteiger partial charge is 0.227 e. The van der Waals surface area contributed by atoms with Crippen LogP contribution in [0.2, 0.25) is 0 Å². The van der Waals surface area contributed by atoms with Crippen molar-refractivity contribution in [3.05, 3.63) is 29.8 Å². The maximum absolute atomic E-state index is 12.5. The normalized spacial score (nSPS) is 24.8. The van der Waals surface area contributed by atoms with Gasteiger partial charge >= 0.3 is 0 Å². The van der Waals surface area contributed by atoms with Crippen LogP contribution >= 0.6 is 0 Å². The van der Waals surface area contributed by atoms with Gasteiger partial charge in [-0.2, -0.15) is 0 Å². The highest BCUT2D eigenvalue weighted by Crippen LogP contribution is 2.50. The van der Waals surface area contributed by atoms with Gasteiger partial charge in [-0.05, 0) is 24.0 Å². The Morgan fingerprint density at radius 3 is 2.38 bits per heavy atom. The van der Waals surface area contributed by atoms with Crippen LogP contribution < -0.4 is 4.81 Å². The van der Waals surface area contributed by atoms with E-state index < -0.39 is 5.41 Å². The van der Waals surface area contributed by atoms with Crippen LogP contribution in [0, 0.1) is 5.41 Å². The molecule has 0 radical (unpaired) electrons. The lowest BCUT2D eigenvalue weighted by Crippen LogP contribution is -2.46. The van der Waals surface area contributed by atoms with Gasteiger partial charge in [0.2, 0.25) is 13.9 Å². The largest absolute Gasteiger partial charge is 0.364 e. The van der Waals surface area contributed by atoms with E-state index in [9.17, 15) is 4.79 Å². The minimum absolute atomic E-state index is 0.0784. The topological polar surface area (TPSA) is 20.3 Å². The molecule has 16 heavy (non-hydrogen) atoms. The summed E-state index contributed by atoms with van der Waals surface area (Å²) in [5, 5.41) is 0. The van der Waals surface area contributed by atoms with Crippen LogP contribution in [0.5, 0.6) is 0 Å². The molecule has 1 amide bonds. The third kappa shape index (κ3) is 1.17. The second kappa shape index (κ2) is 3.13. The fourth-order valence-electron chi connectivity index (χ4n) is 2.47. The number of fused-ring (bicyclic) bond motifs is 1. The van der Waals surface area contributed by atoms with E-state index in [-0.39, 0.29) is 11.3 Å². The Labute approximate surface area is 98.1 Å². The number of carbonyl (C=O) groups is 1. The molecule has 0 spiro atoms. The summed E-state index contributed by atoms with van der Waals surface area (Å²) in [4.78, 5) is 14.2. The average molecular weight is 215 g/mol. The number of anilines is 1. The van der Waals surface area contributed by atoms with Crippen molar-refractivity contribution in [1.82, 2.24) is 0 Å². The van der Waals surface area contributed by atoms with Gasteiger partial charge in [-0.1, -0.05) is 39.0 Å². The maximum atomic E-state index is 12.5. The lowest BCUT2D eigenvalue weighted by Gasteiger charge is -2.37. The lowest BCUT2D eigenvalue weighted by atomic mass is 9.64. The highest BCUT2D eigenvalue weighted by molar-refractivity contribution is 6.35. The summed E-state index contributed by atoms with van der Waals surface area (Å²) in [5.74, 6) is 0.196.